The third-order valence-corrected chi connectivity index (χ3v) is 5.16. The monoisotopic (exact) mass is 360 g/mol. The lowest BCUT2D eigenvalue weighted by Crippen LogP contribution is -2.37. The second-order valence-corrected chi connectivity index (χ2v) is 6.58. The van der Waals surface area contributed by atoms with Crippen LogP contribution in [0.3, 0.4) is 0 Å². The third-order valence-electron chi connectivity index (χ3n) is 4.63. The number of benzene rings is 3. The van der Waals surface area contributed by atoms with Crippen molar-refractivity contribution in [2.24, 2.45) is 0 Å². The fourth-order valence-corrected chi connectivity index (χ4v) is 3.99. The number of aromatic nitrogens is 2. The summed E-state index contributed by atoms with van der Waals surface area (Å²) >= 11 is 0.275. The molecule has 0 saturated heterocycles. The molecule has 4 aromatic rings. The van der Waals surface area contributed by atoms with Gasteiger partial charge in [0.05, 0.1) is 18.5 Å². The highest BCUT2D eigenvalue weighted by molar-refractivity contribution is 7.94. The summed E-state index contributed by atoms with van der Waals surface area (Å²) in [6.07, 6.45) is 5.48. The molecule has 128 valence electrons. The molecule has 0 aliphatic heterocycles. The highest BCUT2D eigenvalue weighted by Gasteiger charge is 2.39. The lowest BCUT2D eigenvalue weighted by molar-refractivity contribution is 0.505. The smallest absolute Gasteiger partial charge is 0.122 e. The van der Waals surface area contributed by atoms with Gasteiger partial charge < -0.3 is 4.57 Å². The standard InChI is InChI=1S/C22H17FN2S/c23-26-21-14-8-7-13-20(21)22(25-16-15-24-17-25,18-9-3-1-4-10-18)19-11-5-2-6-12-19/h1-17H. The van der Waals surface area contributed by atoms with Crippen LogP contribution in [-0.4, -0.2) is 9.55 Å². The molecule has 3 aromatic carbocycles. The average Bonchev–Trinajstić information content (AvgIpc) is 3.26. The van der Waals surface area contributed by atoms with Crippen LogP contribution in [0.5, 0.6) is 0 Å². The predicted molar refractivity (Wildman–Crippen MR) is 104 cm³/mol. The first-order chi connectivity index (χ1) is 12.9. The second kappa shape index (κ2) is 7.18. The molecule has 0 N–H and O–H groups in total. The van der Waals surface area contributed by atoms with Crippen LogP contribution < -0.4 is 0 Å². The maximum atomic E-state index is 13.9. The third kappa shape index (κ3) is 2.63. The fourth-order valence-electron chi connectivity index (χ4n) is 3.56. The maximum absolute atomic E-state index is 13.9. The summed E-state index contributed by atoms with van der Waals surface area (Å²) in [5.74, 6) is 0. The van der Waals surface area contributed by atoms with Crippen molar-refractivity contribution in [2.45, 2.75) is 10.4 Å². The molecule has 0 spiro atoms. The van der Waals surface area contributed by atoms with Crippen LogP contribution in [0.4, 0.5) is 3.89 Å². The molecular weight excluding hydrogens is 343 g/mol. The van der Waals surface area contributed by atoms with Crippen molar-refractivity contribution in [3.05, 3.63) is 120 Å². The molecule has 0 aliphatic carbocycles. The van der Waals surface area contributed by atoms with Gasteiger partial charge in [0.2, 0.25) is 0 Å². The van der Waals surface area contributed by atoms with E-state index < -0.39 is 5.54 Å². The fraction of sp³-hybridized carbons (Fsp3) is 0.0455. The minimum atomic E-state index is -0.714. The van der Waals surface area contributed by atoms with Crippen LogP contribution in [-0.2, 0) is 5.54 Å². The summed E-state index contributed by atoms with van der Waals surface area (Å²) < 4.78 is 15.9. The summed E-state index contributed by atoms with van der Waals surface area (Å²) in [5, 5.41) is 0. The second-order valence-electron chi connectivity index (χ2n) is 5.99. The molecule has 26 heavy (non-hydrogen) atoms. The van der Waals surface area contributed by atoms with Gasteiger partial charge in [-0.1, -0.05) is 78.9 Å². The van der Waals surface area contributed by atoms with Crippen molar-refractivity contribution in [1.82, 2.24) is 9.55 Å². The van der Waals surface area contributed by atoms with Gasteiger partial charge >= 0.3 is 0 Å². The first kappa shape index (κ1) is 16.6. The van der Waals surface area contributed by atoms with Crippen molar-refractivity contribution >= 4 is 12.1 Å². The van der Waals surface area contributed by atoms with Gasteiger partial charge in [0.25, 0.3) is 0 Å². The number of hydrogen-bond acceptors (Lipinski definition) is 2. The highest BCUT2D eigenvalue weighted by atomic mass is 32.2. The van der Waals surface area contributed by atoms with Gasteiger partial charge in [0.1, 0.15) is 5.54 Å². The summed E-state index contributed by atoms with van der Waals surface area (Å²) in [4.78, 5) is 4.87. The van der Waals surface area contributed by atoms with E-state index in [1.807, 2.05) is 71.4 Å². The molecule has 1 aromatic heterocycles. The molecule has 2 nitrogen and oxygen atoms in total. The van der Waals surface area contributed by atoms with E-state index in [9.17, 15) is 3.89 Å². The number of hydrogen-bond donors (Lipinski definition) is 0. The van der Waals surface area contributed by atoms with E-state index in [2.05, 4.69) is 29.2 Å². The SMILES string of the molecule is FSc1ccccc1C(c1ccccc1)(c1ccccc1)n1ccnc1. The average molecular weight is 360 g/mol. The van der Waals surface area contributed by atoms with Crippen molar-refractivity contribution < 1.29 is 3.89 Å². The van der Waals surface area contributed by atoms with Gasteiger partial charge in [-0.25, -0.2) is 4.98 Å². The summed E-state index contributed by atoms with van der Waals surface area (Å²) in [7, 11) is 0. The summed E-state index contributed by atoms with van der Waals surface area (Å²) in [6.45, 7) is 0. The normalized spacial score (nSPS) is 11.4. The number of nitrogens with zero attached hydrogens (tertiary/aromatic N) is 2. The van der Waals surface area contributed by atoms with Crippen LogP contribution in [0.25, 0.3) is 0 Å². The Kier molecular flexibility index (Phi) is 4.59. The highest BCUT2D eigenvalue weighted by Crippen LogP contribution is 2.44. The van der Waals surface area contributed by atoms with Crippen LogP contribution in [0, 0.1) is 0 Å². The molecule has 0 radical (unpaired) electrons. The Morgan fingerprint density at radius 3 is 1.88 bits per heavy atom. The predicted octanol–water partition coefficient (Wildman–Crippen LogP) is 5.70. The Labute approximate surface area is 156 Å². The molecule has 0 unspecified atom stereocenters. The first-order valence-corrected chi connectivity index (χ1v) is 9.06. The Hall–Kier alpha value is -2.85. The lowest BCUT2D eigenvalue weighted by atomic mass is 9.76. The van der Waals surface area contributed by atoms with Crippen LogP contribution in [0.2, 0.25) is 0 Å². The maximum Gasteiger partial charge on any atom is 0.122 e. The lowest BCUT2D eigenvalue weighted by Gasteiger charge is -2.38. The number of imidazole rings is 1. The van der Waals surface area contributed by atoms with Crippen molar-refractivity contribution in [2.75, 3.05) is 0 Å². The van der Waals surface area contributed by atoms with Crippen LogP contribution in [0.15, 0.2) is 109 Å². The van der Waals surface area contributed by atoms with E-state index >= 15 is 0 Å². The van der Waals surface area contributed by atoms with E-state index in [1.54, 1.807) is 12.5 Å². The minimum absolute atomic E-state index is 0.275. The minimum Gasteiger partial charge on any atom is -0.319 e. The Morgan fingerprint density at radius 2 is 1.35 bits per heavy atom. The van der Waals surface area contributed by atoms with Gasteiger partial charge in [-0.05, 0) is 17.2 Å². The molecule has 1 heterocycles. The van der Waals surface area contributed by atoms with Gasteiger partial charge in [0, 0.05) is 22.9 Å². The summed E-state index contributed by atoms with van der Waals surface area (Å²) in [5.41, 5.74) is 2.26. The van der Waals surface area contributed by atoms with E-state index in [0.717, 1.165) is 16.7 Å². The van der Waals surface area contributed by atoms with Gasteiger partial charge in [-0.2, -0.15) is 3.89 Å². The van der Waals surface area contributed by atoms with Gasteiger partial charge in [-0.15, -0.1) is 0 Å². The van der Waals surface area contributed by atoms with E-state index in [4.69, 9.17) is 0 Å². The zero-order valence-electron chi connectivity index (χ0n) is 14.0. The molecule has 0 saturated carbocycles. The molecule has 0 fully saturated rings. The van der Waals surface area contributed by atoms with Crippen molar-refractivity contribution in [3.63, 3.8) is 0 Å². The number of halogens is 1. The Balaban J connectivity index is 2.15. The zero-order chi connectivity index (χ0) is 17.8. The molecule has 4 heteroatoms. The Morgan fingerprint density at radius 1 is 0.769 bits per heavy atom. The zero-order valence-corrected chi connectivity index (χ0v) is 14.8. The van der Waals surface area contributed by atoms with E-state index in [-0.39, 0.29) is 12.1 Å². The van der Waals surface area contributed by atoms with E-state index in [1.165, 1.54) is 0 Å². The quantitative estimate of drug-likeness (QED) is 0.425. The van der Waals surface area contributed by atoms with Gasteiger partial charge in [-0.3, -0.25) is 0 Å². The van der Waals surface area contributed by atoms with Crippen LogP contribution in [0.1, 0.15) is 16.7 Å². The van der Waals surface area contributed by atoms with Crippen molar-refractivity contribution in [1.29, 1.82) is 0 Å². The largest absolute Gasteiger partial charge is 0.319 e. The number of rotatable bonds is 5. The molecule has 0 atom stereocenters. The summed E-state index contributed by atoms with van der Waals surface area (Å²) in [6, 6.07) is 27.9. The molecular formula is C22H17FN2S. The van der Waals surface area contributed by atoms with Gasteiger partial charge in [0.15, 0.2) is 0 Å². The van der Waals surface area contributed by atoms with Crippen molar-refractivity contribution in [3.8, 4) is 0 Å². The molecule has 0 amide bonds. The molecule has 0 aliphatic rings. The molecule has 0 bridgehead atoms. The first-order valence-electron chi connectivity index (χ1n) is 8.35. The topological polar surface area (TPSA) is 17.8 Å². The molecule has 4 rings (SSSR count). The Bertz CT molecular complexity index is 930. The van der Waals surface area contributed by atoms with Crippen LogP contribution >= 0.6 is 12.1 Å². The van der Waals surface area contributed by atoms with E-state index in [0.29, 0.717) is 4.90 Å².